The SMILES string of the molecule is CC(C)=CCN1CCC2(CCC(CNC(=O)c3cnn4cccnc34)O2)CC1. The highest BCUT2D eigenvalue weighted by Gasteiger charge is 2.42. The molecule has 2 saturated heterocycles. The second kappa shape index (κ2) is 8.01. The van der Waals surface area contributed by atoms with Crippen molar-refractivity contribution in [3.8, 4) is 0 Å². The summed E-state index contributed by atoms with van der Waals surface area (Å²) in [7, 11) is 0. The number of likely N-dealkylation sites (tertiary alicyclic amines) is 1. The molecular formula is C21H29N5O2. The first kappa shape index (κ1) is 19.1. The number of rotatable bonds is 5. The fourth-order valence-corrected chi connectivity index (χ4v) is 4.15. The van der Waals surface area contributed by atoms with E-state index in [0.29, 0.717) is 17.8 Å². The molecule has 2 aliphatic heterocycles. The molecule has 2 fully saturated rings. The summed E-state index contributed by atoms with van der Waals surface area (Å²) in [5, 5.41) is 7.18. The van der Waals surface area contributed by atoms with Crippen LogP contribution < -0.4 is 5.32 Å². The van der Waals surface area contributed by atoms with Gasteiger partial charge < -0.3 is 10.1 Å². The Morgan fingerprint density at radius 3 is 2.96 bits per heavy atom. The van der Waals surface area contributed by atoms with Crippen molar-refractivity contribution in [2.45, 2.75) is 51.2 Å². The Hall–Kier alpha value is -2.25. The minimum Gasteiger partial charge on any atom is -0.370 e. The standard InChI is InChI=1S/C21H29N5O2/c1-16(2)5-11-25-12-7-21(8-13-25)6-4-17(28-21)14-23-20(27)18-15-24-26-10-3-9-22-19(18)26/h3,5,9-10,15,17H,4,6-8,11-14H2,1-2H3,(H,23,27). The second-order valence-corrected chi connectivity index (χ2v) is 8.20. The van der Waals surface area contributed by atoms with E-state index >= 15 is 0 Å². The molecule has 150 valence electrons. The van der Waals surface area contributed by atoms with Crippen LogP contribution in [0.4, 0.5) is 0 Å². The second-order valence-electron chi connectivity index (χ2n) is 8.20. The maximum Gasteiger partial charge on any atom is 0.256 e. The van der Waals surface area contributed by atoms with Gasteiger partial charge in [-0.3, -0.25) is 9.69 Å². The molecule has 7 heteroatoms. The molecule has 0 radical (unpaired) electrons. The summed E-state index contributed by atoms with van der Waals surface area (Å²) in [4.78, 5) is 19.3. The van der Waals surface area contributed by atoms with E-state index in [0.717, 1.165) is 45.3 Å². The summed E-state index contributed by atoms with van der Waals surface area (Å²) in [6.07, 6.45) is 11.6. The van der Waals surface area contributed by atoms with Gasteiger partial charge in [0.05, 0.1) is 17.9 Å². The normalized spacial score (nSPS) is 21.9. The predicted molar refractivity (Wildman–Crippen MR) is 107 cm³/mol. The zero-order valence-corrected chi connectivity index (χ0v) is 16.7. The van der Waals surface area contributed by atoms with E-state index in [2.05, 4.69) is 40.2 Å². The van der Waals surface area contributed by atoms with E-state index in [-0.39, 0.29) is 17.6 Å². The van der Waals surface area contributed by atoms with E-state index in [1.54, 1.807) is 29.2 Å². The fourth-order valence-electron chi connectivity index (χ4n) is 4.15. The maximum atomic E-state index is 12.5. The van der Waals surface area contributed by atoms with Gasteiger partial charge in [0.1, 0.15) is 5.56 Å². The summed E-state index contributed by atoms with van der Waals surface area (Å²) >= 11 is 0. The topological polar surface area (TPSA) is 71.8 Å². The van der Waals surface area contributed by atoms with Crippen molar-refractivity contribution < 1.29 is 9.53 Å². The molecule has 2 aromatic heterocycles. The Balaban J connectivity index is 1.27. The van der Waals surface area contributed by atoms with Crippen LogP contribution in [0, 0.1) is 0 Å². The number of nitrogens with zero attached hydrogens (tertiary/aromatic N) is 4. The largest absolute Gasteiger partial charge is 0.370 e. The molecule has 1 N–H and O–H groups in total. The number of carbonyl (C=O) groups excluding carboxylic acids is 1. The van der Waals surface area contributed by atoms with Gasteiger partial charge in [-0.2, -0.15) is 5.10 Å². The van der Waals surface area contributed by atoms with Crippen LogP contribution in [0.25, 0.3) is 5.65 Å². The van der Waals surface area contributed by atoms with E-state index in [1.807, 2.05) is 0 Å². The van der Waals surface area contributed by atoms with Crippen LogP contribution in [0.15, 0.2) is 36.3 Å². The highest BCUT2D eigenvalue weighted by Crippen LogP contribution is 2.38. The lowest BCUT2D eigenvalue weighted by Crippen LogP contribution is -2.45. The Morgan fingerprint density at radius 1 is 1.36 bits per heavy atom. The first-order chi connectivity index (χ1) is 13.5. The smallest absolute Gasteiger partial charge is 0.256 e. The lowest BCUT2D eigenvalue weighted by Gasteiger charge is -2.39. The van der Waals surface area contributed by atoms with Crippen LogP contribution in [0.1, 0.15) is 49.9 Å². The molecule has 2 aliphatic rings. The molecule has 0 aromatic carbocycles. The third-order valence-electron chi connectivity index (χ3n) is 5.88. The highest BCUT2D eigenvalue weighted by molar-refractivity contribution is 5.99. The molecule has 4 heterocycles. The van der Waals surface area contributed by atoms with Crippen LogP contribution in [-0.4, -0.2) is 63.3 Å². The van der Waals surface area contributed by atoms with Crippen molar-refractivity contribution in [3.05, 3.63) is 41.9 Å². The molecule has 1 unspecified atom stereocenters. The number of hydrogen-bond acceptors (Lipinski definition) is 5. The Bertz CT molecular complexity index is 863. The third-order valence-corrected chi connectivity index (χ3v) is 5.88. The first-order valence-corrected chi connectivity index (χ1v) is 10.1. The van der Waals surface area contributed by atoms with Crippen LogP contribution in [0.5, 0.6) is 0 Å². The summed E-state index contributed by atoms with van der Waals surface area (Å²) in [6, 6.07) is 1.79. The lowest BCUT2D eigenvalue weighted by molar-refractivity contribution is -0.0741. The Labute approximate surface area is 165 Å². The third kappa shape index (κ3) is 4.10. The number of aromatic nitrogens is 3. The van der Waals surface area contributed by atoms with Crippen molar-refractivity contribution in [1.29, 1.82) is 0 Å². The Kier molecular flexibility index (Phi) is 5.46. The van der Waals surface area contributed by atoms with E-state index in [9.17, 15) is 4.79 Å². The molecule has 0 aliphatic carbocycles. The fraction of sp³-hybridized carbons (Fsp3) is 0.571. The molecule has 0 bridgehead atoms. The number of allylic oxidation sites excluding steroid dienone is 1. The number of ether oxygens (including phenoxy) is 1. The van der Waals surface area contributed by atoms with Crippen molar-refractivity contribution >= 4 is 11.6 Å². The van der Waals surface area contributed by atoms with Crippen LogP contribution in [0.3, 0.4) is 0 Å². The molecule has 1 spiro atoms. The van der Waals surface area contributed by atoms with Gasteiger partial charge in [0.2, 0.25) is 0 Å². The van der Waals surface area contributed by atoms with Crippen molar-refractivity contribution in [1.82, 2.24) is 24.8 Å². The molecule has 0 saturated carbocycles. The number of nitrogens with one attached hydrogen (secondary N) is 1. The van der Waals surface area contributed by atoms with Gasteiger partial charge in [-0.05, 0) is 45.6 Å². The van der Waals surface area contributed by atoms with Crippen LogP contribution in [-0.2, 0) is 4.74 Å². The number of fused-ring (bicyclic) bond motifs is 1. The van der Waals surface area contributed by atoms with Gasteiger partial charge in [0.15, 0.2) is 5.65 Å². The minimum absolute atomic E-state index is 0.00281. The monoisotopic (exact) mass is 383 g/mol. The maximum absolute atomic E-state index is 12.5. The van der Waals surface area contributed by atoms with Gasteiger partial charge in [0.25, 0.3) is 5.91 Å². The average molecular weight is 383 g/mol. The van der Waals surface area contributed by atoms with Crippen LogP contribution >= 0.6 is 0 Å². The zero-order chi connectivity index (χ0) is 19.6. The van der Waals surface area contributed by atoms with Gasteiger partial charge in [0, 0.05) is 38.6 Å². The molecule has 1 atom stereocenters. The van der Waals surface area contributed by atoms with Crippen molar-refractivity contribution in [2.75, 3.05) is 26.2 Å². The van der Waals surface area contributed by atoms with E-state index in [1.165, 1.54) is 5.57 Å². The van der Waals surface area contributed by atoms with Gasteiger partial charge in [-0.15, -0.1) is 0 Å². The predicted octanol–water partition coefficient (Wildman–Crippen LogP) is 2.44. The average Bonchev–Trinajstić information content (AvgIpc) is 3.30. The molecule has 28 heavy (non-hydrogen) atoms. The number of hydrogen-bond donors (Lipinski definition) is 1. The summed E-state index contributed by atoms with van der Waals surface area (Å²) in [6.45, 7) is 8.02. The molecule has 4 rings (SSSR count). The molecule has 2 aromatic rings. The number of piperidine rings is 1. The summed E-state index contributed by atoms with van der Waals surface area (Å²) in [5.74, 6) is -0.144. The first-order valence-electron chi connectivity index (χ1n) is 10.1. The molecular weight excluding hydrogens is 354 g/mol. The minimum atomic E-state index is -0.144. The number of amides is 1. The number of carbonyl (C=O) groups is 1. The summed E-state index contributed by atoms with van der Waals surface area (Å²) < 4.78 is 8.04. The van der Waals surface area contributed by atoms with Gasteiger partial charge in [-0.1, -0.05) is 11.6 Å². The van der Waals surface area contributed by atoms with Crippen molar-refractivity contribution in [3.63, 3.8) is 0 Å². The molecule has 1 amide bonds. The van der Waals surface area contributed by atoms with Gasteiger partial charge >= 0.3 is 0 Å². The summed E-state index contributed by atoms with van der Waals surface area (Å²) in [5.41, 5.74) is 2.45. The van der Waals surface area contributed by atoms with Gasteiger partial charge in [-0.25, -0.2) is 9.50 Å². The molecule has 7 nitrogen and oxygen atoms in total. The van der Waals surface area contributed by atoms with Crippen LogP contribution in [0.2, 0.25) is 0 Å². The van der Waals surface area contributed by atoms with E-state index in [4.69, 9.17) is 4.74 Å². The van der Waals surface area contributed by atoms with Crippen molar-refractivity contribution in [2.24, 2.45) is 0 Å². The lowest BCUT2D eigenvalue weighted by atomic mass is 9.88. The van der Waals surface area contributed by atoms with E-state index < -0.39 is 0 Å². The zero-order valence-electron chi connectivity index (χ0n) is 16.7. The quantitative estimate of drug-likeness (QED) is 0.803. The Morgan fingerprint density at radius 2 is 2.18 bits per heavy atom. The highest BCUT2D eigenvalue weighted by atomic mass is 16.5.